The number of rotatable bonds is 3. The molecule has 0 aromatic carbocycles. The number of Topliss-reactive ketones (excluding diaryl/α,β-unsaturated/α-hetero) is 1. The molecule has 0 aromatic rings. The van der Waals surface area contributed by atoms with E-state index in [-0.39, 0.29) is 5.41 Å². The molecule has 0 spiro atoms. The van der Waals surface area contributed by atoms with Crippen molar-refractivity contribution in [1.29, 1.82) is 0 Å². The van der Waals surface area contributed by atoms with Gasteiger partial charge in [-0.3, -0.25) is 4.79 Å². The van der Waals surface area contributed by atoms with Crippen LogP contribution in [0.15, 0.2) is 0 Å². The summed E-state index contributed by atoms with van der Waals surface area (Å²) >= 11 is 0. The molecule has 1 fully saturated rings. The van der Waals surface area contributed by atoms with Gasteiger partial charge >= 0.3 is 0 Å². The summed E-state index contributed by atoms with van der Waals surface area (Å²) in [6.07, 6.45) is 0.734. The van der Waals surface area contributed by atoms with Crippen LogP contribution >= 0.6 is 0 Å². The fourth-order valence-corrected chi connectivity index (χ4v) is 1.31. The van der Waals surface area contributed by atoms with Crippen LogP contribution in [0.25, 0.3) is 0 Å². The molecule has 1 N–H and O–H groups in total. The molecule has 0 unspecified atom stereocenters. The highest BCUT2D eigenvalue weighted by Gasteiger charge is 2.38. The van der Waals surface area contributed by atoms with Gasteiger partial charge in [0.15, 0.2) is 0 Å². The van der Waals surface area contributed by atoms with Crippen molar-refractivity contribution in [1.82, 2.24) is 5.32 Å². The van der Waals surface area contributed by atoms with Gasteiger partial charge in [-0.25, -0.2) is 0 Å². The van der Waals surface area contributed by atoms with Gasteiger partial charge in [0.1, 0.15) is 5.78 Å². The second kappa shape index (κ2) is 2.94. The Hall–Kier alpha value is -0.370. The molecule has 0 amide bonds. The lowest BCUT2D eigenvalue weighted by Crippen LogP contribution is -2.56. The summed E-state index contributed by atoms with van der Waals surface area (Å²) in [6.45, 7) is 7.98. The highest BCUT2D eigenvalue weighted by molar-refractivity contribution is 5.86. The van der Waals surface area contributed by atoms with E-state index in [0.29, 0.717) is 11.7 Å². The highest BCUT2D eigenvalue weighted by Crippen LogP contribution is 2.25. The zero-order valence-corrected chi connectivity index (χ0v) is 7.61. The normalized spacial score (nSPS) is 21.5. The Kier molecular flexibility index (Phi) is 2.33. The summed E-state index contributed by atoms with van der Waals surface area (Å²) in [5.74, 6) is 0.922. The van der Waals surface area contributed by atoms with Crippen LogP contribution < -0.4 is 5.32 Å². The lowest BCUT2D eigenvalue weighted by Gasteiger charge is -2.38. The predicted octanol–water partition coefficient (Wildman–Crippen LogP) is 1.21. The Morgan fingerprint density at radius 3 is 2.36 bits per heavy atom. The van der Waals surface area contributed by atoms with Crippen molar-refractivity contribution in [3.05, 3.63) is 0 Å². The van der Waals surface area contributed by atoms with Crippen LogP contribution in [-0.2, 0) is 4.79 Å². The molecule has 1 heterocycles. The van der Waals surface area contributed by atoms with Crippen LogP contribution in [0.4, 0.5) is 0 Å². The molecule has 1 aliphatic rings. The van der Waals surface area contributed by atoms with Gasteiger partial charge in [-0.1, -0.05) is 20.8 Å². The average molecular weight is 155 g/mol. The van der Waals surface area contributed by atoms with Gasteiger partial charge in [0, 0.05) is 19.5 Å². The minimum absolute atomic E-state index is 0.0374. The molecule has 0 aromatic heterocycles. The lowest BCUT2D eigenvalue weighted by atomic mass is 9.77. The summed E-state index contributed by atoms with van der Waals surface area (Å²) < 4.78 is 0. The Bertz CT molecular complexity index is 159. The van der Waals surface area contributed by atoms with Gasteiger partial charge in [-0.05, 0) is 5.92 Å². The van der Waals surface area contributed by atoms with E-state index < -0.39 is 0 Å². The van der Waals surface area contributed by atoms with Gasteiger partial charge in [0.2, 0.25) is 0 Å². The van der Waals surface area contributed by atoms with Crippen LogP contribution in [0, 0.1) is 11.3 Å². The van der Waals surface area contributed by atoms with E-state index in [1.165, 1.54) is 0 Å². The standard InChI is InChI=1S/C9H17NO/c1-7(2)4-8(11)9(3)5-10-6-9/h7,10H,4-6H2,1-3H3. The third-order valence-electron chi connectivity index (χ3n) is 2.30. The van der Waals surface area contributed by atoms with Crippen molar-refractivity contribution in [3.63, 3.8) is 0 Å². The largest absolute Gasteiger partial charge is 0.315 e. The minimum Gasteiger partial charge on any atom is -0.315 e. The van der Waals surface area contributed by atoms with E-state index in [4.69, 9.17) is 0 Å². The van der Waals surface area contributed by atoms with Gasteiger partial charge in [-0.15, -0.1) is 0 Å². The molecule has 0 saturated carbocycles. The van der Waals surface area contributed by atoms with Crippen molar-refractivity contribution in [2.45, 2.75) is 27.2 Å². The van der Waals surface area contributed by atoms with Crippen LogP contribution in [0.2, 0.25) is 0 Å². The van der Waals surface area contributed by atoms with Crippen molar-refractivity contribution in [2.24, 2.45) is 11.3 Å². The summed E-state index contributed by atoms with van der Waals surface area (Å²) in [5, 5.41) is 3.14. The van der Waals surface area contributed by atoms with Gasteiger partial charge in [-0.2, -0.15) is 0 Å². The molecule has 1 aliphatic heterocycles. The minimum atomic E-state index is -0.0374. The van der Waals surface area contributed by atoms with Gasteiger partial charge in [0.05, 0.1) is 5.41 Å². The van der Waals surface area contributed by atoms with E-state index in [2.05, 4.69) is 19.2 Å². The number of hydrogen-bond acceptors (Lipinski definition) is 2. The summed E-state index contributed by atoms with van der Waals surface area (Å²) in [5.41, 5.74) is -0.0374. The smallest absolute Gasteiger partial charge is 0.141 e. The summed E-state index contributed by atoms with van der Waals surface area (Å²) in [7, 11) is 0. The van der Waals surface area contributed by atoms with E-state index in [1.54, 1.807) is 0 Å². The van der Waals surface area contributed by atoms with Crippen molar-refractivity contribution in [3.8, 4) is 0 Å². The molecule has 1 rings (SSSR count). The number of hydrogen-bond donors (Lipinski definition) is 1. The molecule has 11 heavy (non-hydrogen) atoms. The quantitative estimate of drug-likeness (QED) is 0.663. The number of carbonyl (C=O) groups is 1. The van der Waals surface area contributed by atoms with E-state index >= 15 is 0 Å². The molecule has 1 saturated heterocycles. The first-order valence-electron chi connectivity index (χ1n) is 4.28. The summed E-state index contributed by atoms with van der Waals surface area (Å²) in [6, 6.07) is 0. The van der Waals surface area contributed by atoms with Crippen LogP contribution in [0.3, 0.4) is 0 Å². The van der Waals surface area contributed by atoms with Gasteiger partial charge < -0.3 is 5.32 Å². The zero-order valence-electron chi connectivity index (χ0n) is 7.61. The first-order valence-corrected chi connectivity index (χ1v) is 4.28. The highest BCUT2D eigenvalue weighted by atomic mass is 16.1. The zero-order chi connectivity index (χ0) is 8.48. The Balaban J connectivity index is 2.40. The SMILES string of the molecule is CC(C)CC(=O)C1(C)CNC1. The van der Waals surface area contributed by atoms with Crippen LogP contribution in [-0.4, -0.2) is 18.9 Å². The van der Waals surface area contributed by atoms with Gasteiger partial charge in [0.25, 0.3) is 0 Å². The predicted molar refractivity (Wildman–Crippen MR) is 45.4 cm³/mol. The summed E-state index contributed by atoms with van der Waals surface area (Å²) in [4.78, 5) is 11.5. The number of nitrogens with one attached hydrogen (secondary N) is 1. The second-order valence-electron chi connectivity index (χ2n) is 4.19. The number of ketones is 1. The fraction of sp³-hybridized carbons (Fsp3) is 0.889. The maximum atomic E-state index is 11.5. The molecule has 0 atom stereocenters. The molecule has 2 heteroatoms. The Labute approximate surface area is 68.4 Å². The number of carbonyl (C=O) groups excluding carboxylic acids is 1. The van der Waals surface area contributed by atoms with E-state index in [1.807, 2.05) is 6.92 Å². The maximum absolute atomic E-state index is 11.5. The van der Waals surface area contributed by atoms with E-state index in [0.717, 1.165) is 19.5 Å². The molecule has 0 bridgehead atoms. The third kappa shape index (κ3) is 1.80. The van der Waals surface area contributed by atoms with E-state index in [9.17, 15) is 4.79 Å². The van der Waals surface area contributed by atoms with Crippen LogP contribution in [0.1, 0.15) is 27.2 Å². The van der Waals surface area contributed by atoms with Crippen LogP contribution in [0.5, 0.6) is 0 Å². The molecular weight excluding hydrogens is 138 g/mol. The molecule has 2 nitrogen and oxygen atoms in total. The fourth-order valence-electron chi connectivity index (χ4n) is 1.31. The molecule has 0 radical (unpaired) electrons. The average Bonchev–Trinajstić information content (AvgIpc) is 1.81. The first kappa shape index (κ1) is 8.72. The third-order valence-corrected chi connectivity index (χ3v) is 2.30. The topological polar surface area (TPSA) is 29.1 Å². The molecule has 64 valence electrons. The van der Waals surface area contributed by atoms with Crippen molar-refractivity contribution < 1.29 is 4.79 Å². The Morgan fingerprint density at radius 2 is 2.09 bits per heavy atom. The maximum Gasteiger partial charge on any atom is 0.141 e. The lowest BCUT2D eigenvalue weighted by molar-refractivity contribution is -0.131. The first-order chi connectivity index (χ1) is 5.04. The van der Waals surface area contributed by atoms with Crippen molar-refractivity contribution >= 4 is 5.78 Å². The molecule has 0 aliphatic carbocycles. The second-order valence-corrected chi connectivity index (χ2v) is 4.19. The van der Waals surface area contributed by atoms with Crippen molar-refractivity contribution in [2.75, 3.05) is 13.1 Å². The molecular formula is C9H17NO. The Morgan fingerprint density at radius 1 is 1.55 bits per heavy atom. The monoisotopic (exact) mass is 155 g/mol.